The Hall–Kier alpha value is -0.780. The SMILES string of the molecule is [CH2]C(CI)c1cccc2c1CCCN2C(=O)OC(C)(C)C. The molecule has 0 bridgehead atoms. The highest BCUT2D eigenvalue weighted by Crippen LogP contribution is 2.34. The van der Waals surface area contributed by atoms with Crippen LogP contribution >= 0.6 is 22.6 Å². The molecule has 1 unspecified atom stereocenters. The Morgan fingerprint density at radius 3 is 2.81 bits per heavy atom. The lowest BCUT2D eigenvalue weighted by atomic mass is 9.90. The molecule has 1 aliphatic rings. The van der Waals surface area contributed by atoms with E-state index in [0.717, 1.165) is 29.5 Å². The van der Waals surface area contributed by atoms with Crippen molar-refractivity contribution in [2.75, 3.05) is 15.9 Å². The molecule has 3 nitrogen and oxygen atoms in total. The van der Waals surface area contributed by atoms with Gasteiger partial charge in [0, 0.05) is 11.0 Å². The summed E-state index contributed by atoms with van der Waals surface area (Å²) < 4.78 is 6.50. The molecule has 0 aliphatic carbocycles. The van der Waals surface area contributed by atoms with Crippen LogP contribution in [0.5, 0.6) is 0 Å². The van der Waals surface area contributed by atoms with Gasteiger partial charge in [-0.05, 0) is 63.6 Å². The normalized spacial score (nSPS) is 16.3. The molecule has 4 heteroatoms. The Labute approximate surface area is 141 Å². The van der Waals surface area contributed by atoms with Gasteiger partial charge in [0.25, 0.3) is 0 Å². The van der Waals surface area contributed by atoms with E-state index in [1.807, 2.05) is 32.9 Å². The maximum absolute atomic E-state index is 12.4. The van der Waals surface area contributed by atoms with Crippen LogP contribution in [0.1, 0.15) is 44.2 Å². The maximum atomic E-state index is 12.4. The van der Waals surface area contributed by atoms with Crippen LogP contribution in [-0.2, 0) is 11.2 Å². The molecule has 1 heterocycles. The van der Waals surface area contributed by atoms with Gasteiger partial charge in [-0.25, -0.2) is 4.79 Å². The molecule has 1 aromatic carbocycles. The van der Waals surface area contributed by atoms with Gasteiger partial charge >= 0.3 is 6.09 Å². The molecule has 1 radical (unpaired) electrons. The van der Waals surface area contributed by atoms with Crippen molar-refractivity contribution in [3.05, 3.63) is 36.2 Å². The molecule has 1 atom stereocenters. The summed E-state index contributed by atoms with van der Waals surface area (Å²) in [6.07, 6.45) is 1.72. The van der Waals surface area contributed by atoms with E-state index in [1.165, 1.54) is 11.1 Å². The minimum absolute atomic E-state index is 0.254. The van der Waals surface area contributed by atoms with Crippen molar-refractivity contribution in [1.29, 1.82) is 0 Å². The predicted molar refractivity (Wildman–Crippen MR) is 95.3 cm³/mol. The van der Waals surface area contributed by atoms with Gasteiger partial charge < -0.3 is 4.74 Å². The van der Waals surface area contributed by atoms with E-state index in [-0.39, 0.29) is 12.0 Å². The molecule has 1 amide bonds. The molecule has 0 fully saturated rings. The molecule has 0 saturated carbocycles. The van der Waals surface area contributed by atoms with E-state index in [0.29, 0.717) is 0 Å². The number of fused-ring (bicyclic) bond motifs is 1. The lowest BCUT2D eigenvalue weighted by molar-refractivity contribution is 0.0578. The van der Waals surface area contributed by atoms with E-state index in [4.69, 9.17) is 4.74 Å². The fraction of sp³-hybridized carbons (Fsp3) is 0.529. The molecular formula is C17H23INO2. The molecular weight excluding hydrogens is 377 g/mol. The van der Waals surface area contributed by atoms with Crippen molar-refractivity contribution in [2.24, 2.45) is 0 Å². The molecule has 0 N–H and O–H groups in total. The smallest absolute Gasteiger partial charge is 0.414 e. The first-order valence-electron chi connectivity index (χ1n) is 7.35. The van der Waals surface area contributed by atoms with Gasteiger partial charge in [0.05, 0.1) is 5.69 Å². The van der Waals surface area contributed by atoms with Crippen LogP contribution in [0.3, 0.4) is 0 Å². The number of hydrogen-bond acceptors (Lipinski definition) is 2. The third-order valence-electron chi connectivity index (χ3n) is 3.53. The maximum Gasteiger partial charge on any atom is 0.414 e. The number of nitrogens with zero attached hydrogens (tertiary/aromatic N) is 1. The molecule has 21 heavy (non-hydrogen) atoms. The average molecular weight is 400 g/mol. The molecule has 0 saturated heterocycles. The number of halogens is 1. The third kappa shape index (κ3) is 3.90. The minimum Gasteiger partial charge on any atom is -0.443 e. The van der Waals surface area contributed by atoms with E-state index in [9.17, 15) is 4.79 Å². The van der Waals surface area contributed by atoms with Crippen molar-refractivity contribution in [3.63, 3.8) is 0 Å². The number of carbonyl (C=O) groups excluding carboxylic acids is 1. The minimum atomic E-state index is -0.469. The van der Waals surface area contributed by atoms with Crippen molar-refractivity contribution in [1.82, 2.24) is 0 Å². The van der Waals surface area contributed by atoms with Crippen LogP contribution in [0, 0.1) is 6.92 Å². The van der Waals surface area contributed by atoms with Gasteiger partial charge in [0.1, 0.15) is 5.60 Å². The lowest BCUT2D eigenvalue weighted by Gasteiger charge is -2.33. The zero-order valence-corrected chi connectivity index (χ0v) is 15.1. The number of carbonyl (C=O) groups is 1. The van der Waals surface area contributed by atoms with Crippen molar-refractivity contribution < 1.29 is 9.53 Å². The zero-order valence-electron chi connectivity index (χ0n) is 13.0. The van der Waals surface area contributed by atoms with Gasteiger partial charge in [0.2, 0.25) is 0 Å². The van der Waals surface area contributed by atoms with E-state index >= 15 is 0 Å². The van der Waals surface area contributed by atoms with E-state index < -0.39 is 5.60 Å². The highest BCUT2D eigenvalue weighted by Gasteiger charge is 2.28. The zero-order chi connectivity index (χ0) is 15.6. The highest BCUT2D eigenvalue weighted by atomic mass is 127. The van der Waals surface area contributed by atoms with Crippen LogP contribution < -0.4 is 4.90 Å². The number of amides is 1. The third-order valence-corrected chi connectivity index (χ3v) is 4.59. The Bertz CT molecular complexity index is 522. The van der Waals surface area contributed by atoms with Crippen LogP contribution in [0.4, 0.5) is 10.5 Å². The number of anilines is 1. The summed E-state index contributed by atoms with van der Waals surface area (Å²) in [7, 11) is 0. The van der Waals surface area contributed by atoms with Crippen molar-refractivity contribution in [2.45, 2.75) is 45.1 Å². The van der Waals surface area contributed by atoms with Crippen molar-refractivity contribution >= 4 is 34.4 Å². The van der Waals surface area contributed by atoms with Gasteiger partial charge in [-0.3, -0.25) is 4.90 Å². The summed E-state index contributed by atoms with van der Waals surface area (Å²) in [5.41, 5.74) is 3.04. The molecule has 0 spiro atoms. The first-order valence-corrected chi connectivity index (χ1v) is 8.87. The van der Waals surface area contributed by atoms with Gasteiger partial charge in [-0.2, -0.15) is 0 Å². The first kappa shape index (κ1) is 16.6. The summed E-state index contributed by atoms with van der Waals surface area (Å²) >= 11 is 2.36. The summed E-state index contributed by atoms with van der Waals surface area (Å²) in [5.74, 6) is 0.263. The Morgan fingerprint density at radius 2 is 2.19 bits per heavy atom. The fourth-order valence-electron chi connectivity index (χ4n) is 2.62. The second-order valence-corrected chi connectivity index (χ2v) is 7.31. The quantitative estimate of drug-likeness (QED) is 0.531. The first-order chi connectivity index (χ1) is 9.83. The molecule has 1 aliphatic heterocycles. The van der Waals surface area contributed by atoms with Crippen LogP contribution in [-0.4, -0.2) is 22.7 Å². The van der Waals surface area contributed by atoms with Gasteiger partial charge in [-0.15, -0.1) is 0 Å². The topological polar surface area (TPSA) is 29.5 Å². The average Bonchev–Trinajstić information content (AvgIpc) is 2.43. The van der Waals surface area contributed by atoms with Crippen LogP contribution in [0.25, 0.3) is 0 Å². The highest BCUT2D eigenvalue weighted by molar-refractivity contribution is 14.1. The Morgan fingerprint density at radius 1 is 1.48 bits per heavy atom. The molecule has 115 valence electrons. The number of ether oxygens (including phenoxy) is 1. The predicted octanol–water partition coefficient (Wildman–Crippen LogP) is 4.73. The fourth-order valence-corrected chi connectivity index (χ4v) is 3.10. The molecule has 1 aromatic rings. The lowest BCUT2D eigenvalue weighted by Crippen LogP contribution is -2.40. The molecule has 2 rings (SSSR count). The standard InChI is InChI=1S/C17H23INO2/c1-12(11-18)13-7-5-9-15-14(13)8-6-10-19(15)16(20)21-17(2,3)4/h5,7,9,12H,1,6,8,10-11H2,2-4H3. The second-order valence-electron chi connectivity index (χ2n) is 6.43. The number of benzene rings is 1. The largest absolute Gasteiger partial charge is 0.443 e. The van der Waals surface area contributed by atoms with E-state index in [2.05, 4.69) is 35.6 Å². The molecule has 0 aromatic heterocycles. The summed E-state index contributed by atoms with van der Waals surface area (Å²) in [4.78, 5) is 14.2. The number of alkyl halides is 1. The van der Waals surface area contributed by atoms with Gasteiger partial charge in [-0.1, -0.05) is 34.7 Å². The summed E-state index contributed by atoms with van der Waals surface area (Å²) in [5, 5.41) is 0. The van der Waals surface area contributed by atoms with Crippen LogP contribution in [0.2, 0.25) is 0 Å². The number of rotatable bonds is 2. The van der Waals surface area contributed by atoms with E-state index in [1.54, 1.807) is 4.90 Å². The monoisotopic (exact) mass is 400 g/mol. The van der Waals surface area contributed by atoms with Crippen LogP contribution in [0.15, 0.2) is 18.2 Å². The Kier molecular flexibility index (Phi) is 5.17. The van der Waals surface area contributed by atoms with Crippen molar-refractivity contribution in [3.8, 4) is 0 Å². The summed E-state index contributed by atoms with van der Waals surface area (Å²) in [6.45, 7) is 10.6. The second kappa shape index (κ2) is 6.55. The Balaban J connectivity index is 2.34. The number of hydrogen-bond donors (Lipinski definition) is 0. The summed E-state index contributed by atoms with van der Waals surface area (Å²) in [6, 6.07) is 6.16. The van der Waals surface area contributed by atoms with Gasteiger partial charge in [0.15, 0.2) is 0 Å².